The van der Waals surface area contributed by atoms with E-state index in [4.69, 9.17) is 8.92 Å². The van der Waals surface area contributed by atoms with Gasteiger partial charge >= 0.3 is 10.1 Å². The Morgan fingerprint density at radius 1 is 1.03 bits per heavy atom. The smallest absolute Gasteiger partial charge is 0.339 e. The van der Waals surface area contributed by atoms with Crippen LogP contribution in [-0.4, -0.2) is 31.5 Å². The van der Waals surface area contributed by atoms with Crippen LogP contribution in [0.4, 0.5) is 11.4 Å². The fourth-order valence-electron chi connectivity index (χ4n) is 2.97. The number of nitro benzene ring substituents is 1. The van der Waals surface area contributed by atoms with Crippen molar-refractivity contribution in [3.8, 4) is 11.5 Å². The van der Waals surface area contributed by atoms with Crippen LogP contribution in [0.15, 0.2) is 87.6 Å². The van der Waals surface area contributed by atoms with Crippen molar-refractivity contribution in [2.75, 3.05) is 7.11 Å². The average Bonchev–Trinajstić information content (AvgIpc) is 3.19. The summed E-state index contributed by atoms with van der Waals surface area (Å²) in [7, 11) is -2.72. The van der Waals surface area contributed by atoms with Gasteiger partial charge in [-0.25, -0.2) is 4.99 Å². The van der Waals surface area contributed by atoms with Gasteiger partial charge in [-0.2, -0.15) is 8.42 Å². The maximum absolute atomic E-state index is 12.7. The Bertz CT molecular complexity index is 1450. The van der Waals surface area contributed by atoms with E-state index in [0.29, 0.717) is 27.1 Å². The van der Waals surface area contributed by atoms with Gasteiger partial charge in [-0.05, 0) is 60.3 Å². The average molecular weight is 512 g/mol. The van der Waals surface area contributed by atoms with Crippen molar-refractivity contribution < 1.29 is 27.1 Å². The minimum Gasteiger partial charge on any atom is -0.497 e. The molecule has 12 heteroatoms. The molecule has 1 aliphatic rings. The number of methoxy groups -OCH3 is 1. The second-order valence-corrected chi connectivity index (χ2v) is 9.58. The van der Waals surface area contributed by atoms with Crippen LogP contribution in [0, 0.1) is 10.1 Å². The van der Waals surface area contributed by atoms with Gasteiger partial charge in [0.2, 0.25) is 0 Å². The van der Waals surface area contributed by atoms with Crippen LogP contribution >= 0.6 is 11.8 Å². The van der Waals surface area contributed by atoms with Crippen molar-refractivity contribution >= 4 is 50.4 Å². The van der Waals surface area contributed by atoms with Crippen molar-refractivity contribution in [3.63, 3.8) is 0 Å². The van der Waals surface area contributed by atoms with Crippen LogP contribution < -0.4 is 14.2 Å². The number of hydrogen-bond donors (Lipinski definition) is 1. The van der Waals surface area contributed by atoms with Crippen LogP contribution in [-0.2, 0) is 14.9 Å². The fraction of sp³-hybridized carbons (Fsp3) is 0.0435. The molecule has 3 aromatic carbocycles. The van der Waals surface area contributed by atoms with Crippen LogP contribution in [0.2, 0.25) is 0 Å². The number of nitro groups is 1. The van der Waals surface area contributed by atoms with Crippen molar-refractivity contribution in [1.82, 2.24) is 5.32 Å². The molecule has 1 aliphatic heterocycles. The molecule has 10 nitrogen and oxygen atoms in total. The van der Waals surface area contributed by atoms with E-state index in [1.165, 1.54) is 12.1 Å². The molecular formula is C23H17N3O7S2. The Labute approximate surface area is 204 Å². The maximum Gasteiger partial charge on any atom is 0.339 e. The number of non-ortho nitro benzene ring substituents is 1. The molecule has 35 heavy (non-hydrogen) atoms. The van der Waals surface area contributed by atoms with E-state index < -0.39 is 20.9 Å². The van der Waals surface area contributed by atoms with Gasteiger partial charge in [0.25, 0.3) is 11.6 Å². The van der Waals surface area contributed by atoms with Gasteiger partial charge < -0.3 is 14.2 Å². The first kappa shape index (κ1) is 24.0. The number of aliphatic imine (C=N–C) groups is 1. The van der Waals surface area contributed by atoms with Gasteiger partial charge in [-0.15, -0.1) is 0 Å². The third-order valence-corrected chi connectivity index (χ3v) is 6.85. The monoisotopic (exact) mass is 511 g/mol. The van der Waals surface area contributed by atoms with E-state index in [-0.39, 0.29) is 16.3 Å². The molecule has 178 valence electrons. The van der Waals surface area contributed by atoms with Crippen LogP contribution in [0.3, 0.4) is 0 Å². The molecule has 1 fully saturated rings. The molecule has 0 atom stereocenters. The van der Waals surface area contributed by atoms with E-state index in [2.05, 4.69) is 10.3 Å². The van der Waals surface area contributed by atoms with Gasteiger partial charge in [0.15, 0.2) is 5.17 Å². The summed E-state index contributed by atoms with van der Waals surface area (Å²) in [4.78, 5) is 27.1. The predicted octanol–water partition coefficient (Wildman–Crippen LogP) is 4.26. The van der Waals surface area contributed by atoms with Gasteiger partial charge in [0.1, 0.15) is 16.4 Å². The lowest BCUT2D eigenvalue weighted by Gasteiger charge is -2.09. The molecule has 1 N–H and O–H groups in total. The summed E-state index contributed by atoms with van der Waals surface area (Å²) in [5.41, 5.74) is 0.722. The number of rotatable bonds is 7. The molecule has 3 aromatic rings. The molecule has 1 amide bonds. The Balaban J connectivity index is 1.56. The van der Waals surface area contributed by atoms with E-state index in [9.17, 15) is 23.3 Å². The standard InChI is InChI=1S/C23H17N3O7S2/c1-32-18-10-6-16(7-11-18)24-23-25-22(27)21(34-23)14-15-4-2-3-5-20(15)33-35(30,31)19-12-8-17(9-13-19)26(28)29/h2-14H,1H3,(H,24,25,27)/b21-14-. The highest BCUT2D eigenvalue weighted by atomic mass is 32.2. The molecule has 0 radical (unpaired) electrons. The van der Waals surface area contributed by atoms with Crippen molar-refractivity contribution in [3.05, 3.63) is 93.4 Å². The molecule has 0 aliphatic carbocycles. The topological polar surface area (TPSA) is 137 Å². The van der Waals surface area contributed by atoms with Crippen molar-refractivity contribution in [2.24, 2.45) is 4.99 Å². The second kappa shape index (κ2) is 9.99. The maximum atomic E-state index is 12.7. The summed E-state index contributed by atoms with van der Waals surface area (Å²) >= 11 is 1.10. The summed E-state index contributed by atoms with van der Waals surface area (Å²) in [5, 5.41) is 13.8. The lowest BCUT2D eigenvalue weighted by atomic mass is 10.2. The van der Waals surface area contributed by atoms with E-state index in [1.807, 2.05) is 0 Å². The zero-order chi connectivity index (χ0) is 25.0. The molecular weight excluding hydrogens is 494 g/mol. The molecule has 4 rings (SSSR count). The van der Waals surface area contributed by atoms with Crippen LogP contribution in [0.1, 0.15) is 5.56 Å². The summed E-state index contributed by atoms with van der Waals surface area (Å²) in [6.45, 7) is 0. The lowest BCUT2D eigenvalue weighted by Crippen LogP contribution is -2.19. The number of carbonyl (C=O) groups excluding carboxylic acids is 1. The normalized spacial score (nSPS) is 15.7. The number of amides is 1. The molecule has 0 unspecified atom stereocenters. The predicted molar refractivity (Wildman–Crippen MR) is 131 cm³/mol. The van der Waals surface area contributed by atoms with Crippen molar-refractivity contribution in [1.29, 1.82) is 0 Å². The summed E-state index contributed by atoms with van der Waals surface area (Å²) in [6.07, 6.45) is 1.50. The Morgan fingerprint density at radius 2 is 1.71 bits per heavy atom. The minimum atomic E-state index is -4.28. The largest absolute Gasteiger partial charge is 0.497 e. The van der Waals surface area contributed by atoms with Gasteiger partial charge in [-0.3, -0.25) is 14.9 Å². The lowest BCUT2D eigenvalue weighted by molar-refractivity contribution is -0.384. The molecule has 1 saturated heterocycles. The first-order valence-electron chi connectivity index (χ1n) is 9.97. The molecule has 0 aromatic heterocycles. The number of amidine groups is 1. The second-order valence-electron chi connectivity index (χ2n) is 7.01. The number of hydrogen-bond acceptors (Lipinski definition) is 9. The SMILES string of the molecule is COc1ccc(N=C2NC(=O)/C(=C/c3ccccc3OS(=O)(=O)c3ccc([N+](=O)[O-])cc3)S2)cc1. The van der Waals surface area contributed by atoms with E-state index in [1.54, 1.807) is 49.6 Å². The highest BCUT2D eigenvalue weighted by Gasteiger charge is 2.25. The number of nitrogens with zero attached hydrogens (tertiary/aromatic N) is 2. The molecule has 1 heterocycles. The molecule has 0 saturated carbocycles. The van der Waals surface area contributed by atoms with Gasteiger partial charge in [-0.1, -0.05) is 18.2 Å². The molecule has 0 bridgehead atoms. The highest BCUT2D eigenvalue weighted by molar-refractivity contribution is 8.18. The molecule has 0 spiro atoms. The van der Waals surface area contributed by atoms with Crippen LogP contribution in [0.5, 0.6) is 11.5 Å². The Morgan fingerprint density at radius 3 is 2.37 bits per heavy atom. The Kier molecular flexibility index (Phi) is 6.85. The highest BCUT2D eigenvalue weighted by Crippen LogP contribution is 2.32. The van der Waals surface area contributed by atoms with Gasteiger partial charge in [0.05, 0.1) is 22.6 Å². The summed E-state index contributed by atoms with van der Waals surface area (Å²) in [5.74, 6) is 0.278. The first-order chi connectivity index (χ1) is 16.7. The zero-order valence-corrected chi connectivity index (χ0v) is 19.7. The number of ether oxygens (including phenoxy) is 1. The van der Waals surface area contributed by atoms with Crippen LogP contribution in [0.25, 0.3) is 6.08 Å². The minimum absolute atomic E-state index is 0.00713. The van der Waals surface area contributed by atoms with Crippen molar-refractivity contribution in [2.45, 2.75) is 4.90 Å². The zero-order valence-electron chi connectivity index (χ0n) is 18.1. The first-order valence-corrected chi connectivity index (χ1v) is 12.2. The number of carbonyl (C=O) groups is 1. The Hall–Kier alpha value is -4.16. The quantitative estimate of drug-likeness (QED) is 0.215. The third-order valence-electron chi connectivity index (χ3n) is 4.70. The number of benzene rings is 3. The van der Waals surface area contributed by atoms with Gasteiger partial charge in [0, 0.05) is 17.7 Å². The summed E-state index contributed by atoms with van der Waals surface area (Å²) < 4.78 is 35.8. The fourth-order valence-corrected chi connectivity index (χ4v) is 4.76. The summed E-state index contributed by atoms with van der Waals surface area (Å²) in [6, 6.07) is 17.6. The number of para-hydroxylation sites is 1. The van der Waals surface area contributed by atoms with E-state index >= 15 is 0 Å². The number of thioether (sulfide) groups is 1. The van der Waals surface area contributed by atoms with E-state index in [0.717, 1.165) is 36.0 Å². The number of nitrogens with one attached hydrogen (secondary N) is 1. The third kappa shape index (κ3) is 5.67.